The van der Waals surface area contributed by atoms with Gasteiger partial charge in [-0.1, -0.05) is 6.92 Å². The Morgan fingerprint density at radius 2 is 1.54 bits per heavy atom. The summed E-state index contributed by atoms with van der Waals surface area (Å²) in [5, 5.41) is 0. The average Bonchev–Trinajstić information content (AvgIpc) is 2.95. The number of methoxy groups -OCH3 is 1. The SMILES string of the molecule is CCC(CC(CC1(C)CC(C)(C)OC1=O)C(=O)OC(C)(C)C12CC3CC(CC(C3)C1)C2)C(=O)OC. The van der Waals surface area contributed by atoms with Gasteiger partial charge in [-0.2, -0.15) is 0 Å². The van der Waals surface area contributed by atoms with E-state index in [0.29, 0.717) is 25.7 Å². The highest BCUT2D eigenvalue weighted by atomic mass is 16.6. The minimum Gasteiger partial charge on any atom is -0.469 e. The fraction of sp³-hybridized carbons (Fsp3) is 0.897. The largest absolute Gasteiger partial charge is 0.469 e. The molecule has 6 nitrogen and oxygen atoms in total. The van der Waals surface area contributed by atoms with Gasteiger partial charge in [-0.05, 0) is 110 Å². The van der Waals surface area contributed by atoms with Gasteiger partial charge in [0, 0.05) is 11.8 Å². The van der Waals surface area contributed by atoms with E-state index in [1.54, 1.807) is 0 Å². The third-order valence-electron chi connectivity index (χ3n) is 9.98. The van der Waals surface area contributed by atoms with Crippen molar-refractivity contribution in [1.29, 1.82) is 0 Å². The summed E-state index contributed by atoms with van der Waals surface area (Å²) in [5.41, 5.74) is -1.90. The molecule has 0 aromatic carbocycles. The Labute approximate surface area is 211 Å². The molecule has 0 N–H and O–H groups in total. The van der Waals surface area contributed by atoms with Crippen LogP contribution in [0.4, 0.5) is 0 Å². The first-order valence-corrected chi connectivity index (χ1v) is 13.8. The van der Waals surface area contributed by atoms with E-state index in [1.165, 1.54) is 26.4 Å². The maximum Gasteiger partial charge on any atom is 0.312 e. The van der Waals surface area contributed by atoms with Gasteiger partial charge in [0.05, 0.1) is 24.4 Å². The molecule has 0 aromatic heterocycles. The van der Waals surface area contributed by atoms with Gasteiger partial charge in [0.25, 0.3) is 0 Å². The molecule has 1 heterocycles. The maximum atomic E-state index is 13.9. The van der Waals surface area contributed by atoms with E-state index in [1.807, 2.05) is 27.7 Å². The number of hydrogen-bond acceptors (Lipinski definition) is 6. The number of carbonyl (C=O) groups excluding carboxylic acids is 3. The van der Waals surface area contributed by atoms with Crippen LogP contribution in [0.2, 0.25) is 0 Å². The second-order valence-electron chi connectivity index (χ2n) is 13.8. The number of ether oxygens (including phenoxy) is 3. The third kappa shape index (κ3) is 5.00. The van der Waals surface area contributed by atoms with E-state index >= 15 is 0 Å². The van der Waals surface area contributed by atoms with Gasteiger partial charge in [-0.15, -0.1) is 0 Å². The third-order valence-corrected chi connectivity index (χ3v) is 9.98. The van der Waals surface area contributed by atoms with Gasteiger partial charge in [0.1, 0.15) is 11.2 Å². The summed E-state index contributed by atoms with van der Waals surface area (Å²) in [6, 6.07) is 0. The summed E-state index contributed by atoms with van der Waals surface area (Å²) >= 11 is 0. The lowest BCUT2D eigenvalue weighted by molar-refractivity contribution is -0.203. The van der Waals surface area contributed by atoms with E-state index in [9.17, 15) is 14.4 Å². The summed E-state index contributed by atoms with van der Waals surface area (Å²) in [4.78, 5) is 39.2. The van der Waals surface area contributed by atoms with Crippen LogP contribution >= 0.6 is 0 Å². The zero-order valence-electron chi connectivity index (χ0n) is 22.9. The van der Waals surface area contributed by atoms with E-state index in [0.717, 1.165) is 37.0 Å². The molecule has 5 aliphatic rings. The van der Waals surface area contributed by atoms with Crippen LogP contribution in [0.5, 0.6) is 0 Å². The Morgan fingerprint density at radius 3 is 1.97 bits per heavy atom. The van der Waals surface area contributed by atoms with Crippen molar-refractivity contribution in [1.82, 2.24) is 0 Å². The fourth-order valence-electron chi connectivity index (χ4n) is 8.61. The number of carbonyl (C=O) groups is 3. The molecule has 1 aliphatic heterocycles. The van der Waals surface area contributed by atoms with Crippen LogP contribution in [0.1, 0.15) is 106 Å². The molecule has 1 saturated heterocycles. The first kappa shape index (κ1) is 26.5. The van der Waals surface area contributed by atoms with Crippen molar-refractivity contribution in [3.05, 3.63) is 0 Å². The van der Waals surface area contributed by atoms with Gasteiger partial charge in [-0.25, -0.2) is 0 Å². The van der Waals surface area contributed by atoms with Crippen LogP contribution in [-0.2, 0) is 28.6 Å². The van der Waals surface area contributed by atoms with Crippen LogP contribution < -0.4 is 0 Å². The highest BCUT2D eigenvalue weighted by molar-refractivity contribution is 5.81. The second-order valence-corrected chi connectivity index (χ2v) is 13.8. The summed E-state index contributed by atoms with van der Waals surface area (Å²) in [6.45, 7) is 11.8. The minimum atomic E-state index is -0.785. The summed E-state index contributed by atoms with van der Waals surface area (Å²) in [6.07, 6.45) is 9.17. The van der Waals surface area contributed by atoms with Crippen molar-refractivity contribution in [2.24, 2.45) is 40.4 Å². The molecule has 5 rings (SSSR count). The second kappa shape index (κ2) is 9.06. The molecule has 0 spiro atoms. The van der Waals surface area contributed by atoms with E-state index < -0.39 is 28.5 Å². The Balaban J connectivity index is 1.56. The first-order chi connectivity index (χ1) is 16.2. The fourth-order valence-corrected chi connectivity index (χ4v) is 8.61. The smallest absolute Gasteiger partial charge is 0.312 e. The zero-order chi connectivity index (χ0) is 25.8. The monoisotopic (exact) mass is 490 g/mol. The van der Waals surface area contributed by atoms with Crippen molar-refractivity contribution >= 4 is 17.9 Å². The minimum absolute atomic E-state index is 0.0344. The molecule has 6 heteroatoms. The number of cyclic esters (lactones) is 1. The van der Waals surface area contributed by atoms with Crippen molar-refractivity contribution in [3.63, 3.8) is 0 Å². The van der Waals surface area contributed by atoms with Crippen LogP contribution in [0.25, 0.3) is 0 Å². The lowest BCUT2D eigenvalue weighted by Gasteiger charge is -2.61. The van der Waals surface area contributed by atoms with E-state index in [-0.39, 0.29) is 23.3 Å². The average molecular weight is 491 g/mol. The summed E-state index contributed by atoms with van der Waals surface area (Å²) in [7, 11) is 1.38. The molecular weight excluding hydrogens is 444 g/mol. The van der Waals surface area contributed by atoms with Gasteiger partial charge in [-0.3, -0.25) is 14.4 Å². The van der Waals surface area contributed by atoms with Crippen molar-refractivity contribution in [2.45, 2.75) is 117 Å². The Hall–Kier alpha value is -1.59. The zero-order valence-corrected chi connectivity index (χ0v) is 22.9. The molecule has 5 fully saturated rings. The first-order valence-electron chi connectivity index (χ1n) is 13.8. The predicted molar refractivity (Wildman–Crippen MR) is 132 cm³/mol. The molecule has 0 radical (unpaired) electrons. The Bertz CT molecular complexity index is 822. The molecule has 4 saturated carbocycles. The molecular formula is C29H46O6. The van der Waals surface area contributed by atoms with Crippen LogP contribution in [-0.4, -0.2) is 36.2 Å². The number of hydrogen-bond donors (Lipinski definition) is 0. The standard InChI is InChI=1S/C29H46O6/c1-8-21(23(30)33-7)12-22(16-28(6)17-26(2,3)35-25(28)32)24(31)34-27(4,5)29-13-18-9-19(14-29)11-20(10-18)15-29/h18-22H,8-17H2,1-7H3. The van der Waals surface area contributed by atoms with E-state index in [2.05, 4.69) is 13.8 Å². The quantitative estimate of drug-likeness (QED) is 0.298. The molecule has 4 bridgehead atoms. The van der Waals surface area contributed by atoms with Gasteiger partial charge in [0.2, 0.25) is 0 Å². The summed E-state index contributed by atoms with van der Waals surface area (Å²) < 4.78 is 17.1. The van der Waals surface area contributed by atoms with Gasteiger partial charge < -0.3 is 14.2 Å². The van der Waals surface area contributed by atoms with Gasteiger partial charge in [0.15, 0.2) is 0 Å². The molecule has 3 atom stereocenters. The highest BCUT2D eigenvalue weighted by Crippen LogP contribution is 2.64. The van der Waals surface area contributed by atoms with Crippen molar-refractivity contribution in [2.75, 3.05) is 7.11 Å². The lowest BCUT2D eigenvalue weighted by atomic mass is 9.46. The topological polar surface area (TPSA) is 78.9 Å². The molecule has 0 aromatic rings. The summed E-state index contributed by atoms with van der Waals surface area (Å²) in [5.74, 6) is 0.423. The Morgan fingerprint density at radius 1 is 1.00 bits per heavy atom. The maximum absolute atomic E-state index is 13.9. The molecule has 35 heavy (non-hydrogen) atoms. The van der Waals surface area contributed by atoms with Crippen LogP contribution in [0.15, 0.2) is 0 Å². The van der Waals surface area contributed by atoms with Crippen molar-refractivity contribution < 1.29 is 28.6 Å². The number of esters is 3. The number of rotatable bonds is 9. The highest BCUT2D eigenvalue weighted by Gasteiger charge is 2.59. The van der Waals surface area contributed by atoms with Crippen LogP contribution in [0.3, 0.4) is 0 Å². The van der Waals surface area contributed by atoms with Crippen molar-refractivity contribution in [3.8, 4) is 0 Å². The lowest BCUT2D eigenvalue weighted by Crippen LogP contribution is -2.57. The van der Waals surface area contributed by atoms with Gasteiger partial charge >= 0.3 is 17.9 Å². The molecule has 198 valence electrons. The molecule has 4 aliphatic carbocycles. The Kier molecular flexibility index (Phi) is 6.85. The normalized spacial score (nSPS) is 37.0. The predicted octanol–water partition coefficient (Wildman–Crippen LogP) is 5.85. The molecule has 0 amide bonds. The molecule has 3 unspecified atom stereocenters. The van der Waals surface area contributed by atoms with E-state index in [4.69, 9.17) is 14.2 Å². The van der Waals surface area contributed by atoms with Crippen LogP contribution in [0, 0.1) is 40.4 Å².